The summed E-state index contributed by atoms with van der Waals surface area (Å²) in [5.41, 5.74) is 0.754. The summed E-state index contributed by atoms with van der Waals surface area (Å²) in [4.78, 5) is 26.4. The van der Waals surface area contributed by atoms with Crippen LogP contribution in [0.15, 0.2) is 29.1 Å². The van der Waals surface area contributed by atoms with Crippen LogP contribution in [0.3, 0.4) is 0 Å². The fourth-order valence-electron chi connectivity index (χ4n) is 3.00. The number of para-hydroxylation sites is 2. The topological polar surface area (TPSA) is 67.5 Å². The molecule has 0 atom stereocenters. The number of hydrogen-bond acceptors (Lipinski definition) is 3. The SMILES string of the molecule is CCCn1c(=O)n(CCC(=O)N(C)CC(C)(C)O)c2ccccc21. The van der Waals surface area contributed by atoms with Gasteiger partial charge < -0.3 is 10.0 Å². The van der Waals surface area contributed by atoms with Crippen LogP contribution in [0.2, 0.25) is 0 Å². The Morgan fingerprint density at radius 3 is 2.21 bits per heavy atom. The molecule has 1 aromatic heterocycles. The molecule has 1 aromatic carbocycles. The van der Waals surface area contributed by atoms with Crippen molar-refractivity contribution in [2.75, 3.05) is 13.6 Å². The van der Waals surface area contributed by atoms with Gasteiger partial charge in [0, 0.05) is 33.1 Å². The third-order valence-electron chi connectivity index (χ3n) is 3.97. The first-order chi connectivity index (χ1) is 11.2. The number of amides is 1. The lowest BCUT2D eigenvalue weighted by molar-refractivity contribution is -0.132. The van der Waals surface area contributed by atoms with Gasteiger partial charge in [0.2, 0.25) is 5.91 Å². The summed E-state index contributed by atoms with van der Waals surface area (Å²) in [6.45, 7) is 6.63. The molecule has 24 heavy (non-hydrogen) atoms. The molecule has 0 aliphatic heterocycles. The van der Waals surface area contributed by atoms with Crippen LogP contribution >= 0.6 is 0 Å². The maximum Gasteiger partial charge on any atom is 0.329 e. The fourth-order valence-corrected chi connectivity index (χ4v) is 3.00. The van der Waals surface area contributed by atoms with Crippen molar-refractivity contribution < 1.29 is 9.90 Å². The van der Waals surface area contributed by atoms with Crippen LogP contribution in [-0.2, 0) is 17.9 Å². The molecule has 2 aromatic rings. The minimum atomic E-state index is -0.932. The van der Waals surface area contributed by atoms with Gasteiger partial charge in [-0.2, -0.15) is 0 Å². The van der Waals surface area contributed by atoms with Gasteiger partial charge in [-0.05, 0) is 32.4 Å². The molecule has 6 nitrogen and oxygen atoms in total. The highest BCUT2D eigenvalue weighted by Crippen LogP contribution is 2.14. The molecule has 0 unspecified atom stereocenters. The lowest BCUT2D eigenvalue weighted by Crippen LogP contribution is -2.40. The fraction of sp³-hybridized carbons (Fsp3) is 0.556. The van der Waals surface area contributed by atoms with Crippen molar-refractivity contribution in [2.45, 2.75) is 52.3 Å². The predicted octanol–water partition coefficient (Wildman–Crippen LogP) is 1.83. The zero-order valence-electron chi connectivity index (χ0n) is 15.0. The van der Waals surface area contributed by atoms with Gasteiger partial charge in [-0.1, -0.05) is 19.1 Å². The van der Waals surface area contributed by atoms with Crippen LogP contribution in [0.25, 0.3) is 11.0 Å². The Balaban J connectivity index is 2.20. The third kappa shape index (κ3) is 4.06. The molecule has 2 rings (SSSR count). The highest BCUT2D eigenvalue weighted by molar-refractivity contribution is 5.78. The second-order valence-corrected chi connectivity index (χ2v) is 6.89. The van der Waals surface area contributed by atoms with E-state index in [1.54, 1.807) is 30.0 Å². The molecule has 0 saturated carbocycles. The largest absolute Gasteiger partial charge is 0.389 e. The summed E-state index contributed by atoms with van der Waals surface area (Å²) in [6.07, 6.45) is 1.10. The molecule has 0 spiro atoms. The minimum Gasteiger partial charge on any atom is -0.389 e. The van der Waals surface area contributed by atoms with E-state index in [4.69, 9.17) is 0 Å². The van der Waals surface area contributed by atoms with Crippen molar-refractivity contribution in [1.82, 2.24) is 14.0 Å². The molecule has 0 aliphatic carbocycles. The van der Waals surface area contributed by atoms with E-state index in [9.17, 15) is 14.7 Å². The number of benzene rings is 1. The van der Waals surface area contributed by atoms with E-state index in [-0.39, 0.29) is 24.6 Å². The van der Waals surface area contributed by atoms with Crippen molar-refractivity contribution in [3.05, 3.63) is 34.7 Å². The van der Waals surface area contributed by atoms with Gasteiger partial charge in [-0.25, -0.2) is 4.79 Å². The minimum absolute atomic E-state index is 0.0732. The van der Waals surface area contributed by atoms with Crippen molar-refractivity contribution in [1.29, 1.82) is 0 Å². The van der Waals surface area contributed by atoms with Crippen molar-refractivity contribution in [3.63, 3.8) is 0 Å². The maximum absolute atomic E-state index is 12.7. The van der Waals surface area contributed by atoms with Crippen LogP contribution in [0.5, 0.6) is 0 Å². The van der Waals surface area contributed by atoms with E-state index in [0.29, 0.717) is 13.1 Å². The quantitative estimate of drug-likeness (QED) is 0.840. The van der Waals surface area contributed by atoms with E-state index in [2.05, 4.69) is 0 Å². The number of imidazole rings is 1. The molecule has 132 valence electrons. The van der Waals surface area contributed by atoms with Gasteiger partial charge in [-0.15, -0.1) is 0 Å². The highest BCUT2D eigenvalue weighted by atomic mass is 16.3. The lowest BCUT2D eigenvalue weighted by Gasteiger charge is -2.25. The number of carbonyl (C=O) groups excluding carboxylic acids is 1. The molecular weight excluding hydrogens is 306 g/mol. The average Bonchev–Trinajstić information content (AvgIpc) is 2.76. The number of aromatic nitrogens is 2. The first-order valence-electron chi connectivity index (χ1n) is 8.39. The summed E-state index contributed by atoms with van der Waals surface area (Å²) < 4.78 is 3.43. The Morgan fingerprint density at radius 1 is 1.17 bits per heavy atom. The Kier molecular flexibility index (Phi) is 5.49. The first kappa shape index (κ1) is 18.3. The second-order valence-electron chi connectivity index (χ2n) is 6.89. The standard InChI is InChI=1S/C18H27N3O3/c1-5-11-20-14-8-6-7-9-15(14)21(17(20)23)12-10-16(22)19(4)13-18(2,3)24/h6-9,24H,5,10-13H2,1-4H3. The van der Waals surface area contributed by atoms with Gasteiger partial charge >= 0.3 is 5.69 Å². The van der Waals surface area contributed by atoms with Crippen molar-refractivity contribution in [3.8, 4) is 0 Å². The van der Waals surface area contributed by atoms with Gasteiger partial charge in [0.25, 0.3) is 0 Å². The smallest absolute Gasteiger partial charge is 0.329 e. The van der Waals surface area contributed by atoms with Crippen LogP contribution < -0.4 is 5.69 Å². The predicted molar refractivity (Wildman–Crippen MR) is 95.0 cm³/mol. The summed E-state index contributed by atoms with van der Waals surface area (Å²) in [6, 6.07) is 7.66. The number of fused-ring (bicyclic) bond motifs is 1. The molecule has 0 fully saturated rings. The van der Waals surface area contributed by atoms with Crippen LogP contribution in [-0.4, -0.2) is 44.2 Å². The normalized spacial score (nSPS) is 11.9. The van der Waals surface area contributed by atoms with E-state index in [0.717, 1.165) is 17.5 Å². The molecule has 0 radical (unpaired) electrons. The van der Waals surface area contributed by atoms with E-state index >= 15 is 0 Å². The summed E-state index contributed by atoms with van der Waals surface area (Å²) >= 11 is 0. The van der Waals surface area contributed by atoms with Gasteiger partial charge in [0.05, 0.1) is 16.6 Å². The Bertz CT molecular complexity index is 768. The maximum atomic E-state index is 12.7. The second kappa shape index (κ2) is 7.21. The molecule has 0 saturated heterocycles. The summed E-state index contributed by atoms with van der Waals surface area (Å²) in [7, 11) is 1.67. The van der Waals surface area contributed by atoms with Gasteiger partial charge in [0.1, 0.15) is 0 Å². The Morgan fingerprint density at radius 2 is 1.71 bits per heavy atom. The number of carbonyl (C=O) groups is 1. The van der Waals surface area contributed by atoms with Crippen LogP contribution in [0.1, 0.15) is 33.6 Å². The molecule has 1 amide bonds. The Hall–Kier alpha value is -2.08. The van der Waals surface area contributed by atoms with Crippen LogP contribution in [0.4, 0.5) is 0 Å². The number of aliphatic hydroxyl groups is 1. The molecule has 0 bridgehead atoms. The molecule has 1 heterocycles. The van der Waals surface area contributed by atoms with E-state index < -0.39 is 5.60 Å². The number of hydrogen-bond donors (Lipinski definition) is 1. The lowest BCUT2D eigenvalue weighted by atomic mass is 10.1. The zero-order chi connectivity index (χ0) is 17.9. The van der Waals surface area contributed by atoms with Crippen LogP contribution in [0, 0.1) is 0 Å². The van der Waals surface area contributed by atoms with Crippen molar-refractivity contribution in [2.24, 2.45) is 0 Å². The van der Waals surface area contributed by atoms with Gasteiger partial charge in [0.15, 0.2) is 0 Å². The average molecular weight is 333 g/mol. The highest BCUT2D eigenvalue weighted by Gasteiger charge is 2.20. The number of rotatable bonds is 7. The number of nitrogens with zero attached hydrogens (tertiary/aromatic N) is 3. The molecule has 6 heteroatoms. The summed E-state index contributed by atoms with van der Waals surface area (Å²) in [5.74, 6) is -0.0867. The van der Waals surface area contributed by atoms with Gasteiger partial charge in [-0.3, -0.25) is 13.9 Å². The molecule has 0 aliphatic rings. The van der Waals surface area contributed by atoms with E-state index in [1.807, 2.05) is 31.2 Å². The molecular formula is C18H27N3O3. The number of likely N-dealkylation sites (N-methyl/N-ethyl adjacent to an activating group) is 1. The monoisotopic (exact) mass is 333 g/mol. The first-order valence-corrected chi connectivity index (χ1v) is 8.39. The third-order valence-corrected chi connectivity index (χ3v) is 3.97. The number of aryl methyl sites for hydroxylation is 2. The molecule has 1 N–H and O–H groups in total. The Labute approximate surface area is 142 Å². The van der Waals surface area contributed by atoms with E-state index in [1.165, 1.54) is 4.90 Å². The summed E-state index contributed by atoms with van der Waals surface area (Å²) in [5, 5.41) is 9.82. The zero-order valence-corrected chi connectivity index (χ0v) is 15.0. The van der Waals surface area contributed by atoms with Crippen molar-refractivity contribution >= 4 is 16.9 Å².